The second-order valence-corrected chi connectivity index (χ2v) is 8.31. The number of halogens is 3. The third-order valence-corrected chi connectivity index (χ3v) is 5.91. The number of ether oxygens (including phenoxy) is 1. The number of fused-ring (bicyclic) bond motifs is 1. The molecular weight excluding hydrogens is 423 g/mol. The Morgan fingerprint density at radius 3 is 2.63 bits per heavy atom. The summed E-state index contributed by atoms with van der Waals surface area (Å²) in [7, 11) is -2.42. The largest absolute Gasteiger partial charge is 0.463 e. The number of anilines is 2. The second kappa shape index (κ2) is 7.29. The Morgan fingerprint density at radius 2 is 2.00 bits per heavy atom. The number of imidazole rings is 1. The van der Waals surface area contributed by atoms with E-state index in [0.717, 1.165) is 12.3 Å². The average molecular weight is 439 g/mol. The van der Waals surface area contributed by atoms with Crippen LogP contribution < -0.4 is 14.8 Å². The molecule has 0 fully saturated rings. The van der Waals surface area contributed by atoms with Gasteiger partial charge in [0, 0.05) is 23.6 Å². The summed E-state index contributed by atoms with van der Waals surface area (Å²) in [6.07, 6.45) is -2.05. The predicted octanol–water partition coefficient (Wildman–Crippen LogP) is 3.01. The molecule has 0 radical (unpaired) electrons. The van der Waals surface area contributed by atoms with Gasteiger partial charge in [0.2, 0.25) is 10.0 Å². The molecule has 3 heterocycles. The van der Waals surface area contributed by atoms with Gasteiger partial charge in [0.05, 0.1) is 22.7 Å². The number of sulfonamides is 1. The standard InChI is InChI=1S/C18H16F3N5O3S/c1-22-30(27,28)12-3-4-14(24-16-5-2-11(9-23-16)18(19,20)21)13(8-12)15-10-26-6-7-29-17(26)25-15/h2-5,8-10,22H,6-7H2,1H3,(H,23,24). The Bertz CT molecular complexity index is 1170. The molecule has 0 saturated carbocycles. The molecule has 0 atom stereocenters. The minimum Gasteiger partial charge on any atom is -0.463 e. The monoisotopic (exact) mass is 439 g/mol. The molecular formula is C18H16F3N5O3S. The summed E-state index contributed by atoms with van der Waals surface area (Å²) >= 11 is 0. The molecule has 1 aliphatic heterocycles. The van der Waals surface area contributed by atoms with Crippen LogP contribution >= 0.6 is 0 Å². The van der Waals surface area contributed by atoms with E-state index in [4.69, 9.17) is 4.74 Å². The van der Waals surface area contributed by atoms with Crippen molar-refractivity contribution < 1.29 is 26.3 Å². The van der Waals surface area contributed by atoms with Crippen LogP contribution in [0.3, 0.4) is 0 Å². The minimum atomic E-state index is -4.49. The number of hydrogen-bond acceptors (Lipinski definition) is 6. The lowest BCUT2D eigenvalue weighted by Gasteiger charge is -2.13. The molecule has 1 aromatic carbocycles. The predicted molar refractivity (Wildman–Crippen MR) is 102 cm³/mol. The topological polar surface area (TPSA) is 98.1 Å². The summed E-state index contributed by atoms with van der Waals surface area (Å²) in [4.78, 5) is 8.19. The van der Waals surface area contributed by atoms with Gasteiger partial charge in [0.1, 0.15) is 12.4 Å². The van der Waals surface area contributed by atoms with Gasteiger partial charge >= 0.3 is 6.18 Å². The zero-order valence-corrected chi connectivity index (χ0v) is 16.4. The molecule has 12 heteroatoms. The van der Waals surface area contributed by atoms with Crippen molar-refractivity contribution in [3.05, 3.63) is 48.3 Å². The SMILES string of the molecule is CNS(=O)(=O)c1ccc(Nc2ccc(C(F)(F)F)cn2)c(-c2cn3c(n2)OCC3)c1. The summed E-state index contributed by atoms with van der Waals surface area (Å²) in [5.41, 5.74) is 0.436. The minimum absolute atomic E-state index is 0.0139. The van der Waals surface area contributed by atoms with Crippen LogP contribution in [0.2, 0.25) is 0 Å². The van der Waals surface area contributed by atoms with Gasteiger partial charge in [0.15, 0.2) is 0 Å². The van der Waals surface area contributed by atoms with E-state index in [1.54, 1.807) is 10.8 Å². The second-order valence-electron chi connectivity index (χ2n) is 6.42. The van der Waals surface area contributed by atoms with E-state index in [9.17, 15) is 21.6 Å². The van der Waals surface area contributed by atoms with Crippen molar-refractivity contribution >= 4 is 21.5 Å². The van der Waals surface area contributed by atoms with Crippen molar-refractivity contribution in [2.75, 3.05) is 19.0 Å². The van der Waals surface area contributed by atoms with Gasteiger partial charge in [-0.15, -0.1) is 0 Å². The maximum atomic E-state index is 12.8. The Kier molecular flexibility index (Phi) is 4.90. The summed E-state index contributed by atoms with van der Waals surface area (Å²) in [6.45, 7) is 1.11. The van der Waals surface area contributed by atoms with Crippen molar-refractivity contribution in [1.29, 1.82) is 0 Å². The smallest absolute Gasteiger partial charge is 0.417 e. The van der Waals surface area contributed by atoms with Crippen LogP contribution in [0.25, 0.3) is 11.3 Å². The molecule has 0 amide bonds. The number of nitrogens with zero attached hydrogens (tertiary/aromatic N) is 3. The highest BCUT2D eigenvalue weighted by molar-refractivity contribution is 7.89. The summed E-state index contributed by atoms with van der Waals surface area (Å²) in [5, 5.41) is 2.93. The van der Waals surface area contributed by atoms with Crippen LogP contribution in [0.5, 0.6) is 6.01 Å². The fourth-order valence-electron chi connectivity index (χ4n) is 2.94. The van der Waals surface area contributed by atoms with E-state index >= 15 is 0 Å². The van der Waals surface area contributed by atoms with E-state index in [2.05, 4.69) is 20.0 Å². The highest BCUT2D eigenvalue weighted by Crippen LogP contribution is 2.34. The quantitative estimate of drug-likeness (QED) is 0.634. The Hall–Kier alpha value is -3.12. The first-order valence-electron chi connectivity index (χ1n) is 8.75. The Labute approximate surface area is 169 Å². The van der Waals surface area contributed by atoms with E-state index in [0.29, 0.717) is 36.1 Å². The van der Waals surface area contributed by atoms with Crippen LogP contribution in [0.4, 0.5) is 24.7 Å². The molecule has 0 saturated heterocycles. The van der Waals surface area contributed by atoms with Crippen molar-refractivity contribution in [3.8, 4) is 17.3 Å². The molecule has 8 nitrogen and oxygen atoms in total. The number of alkyl halides is 3. The molecule has 0 bridgehead atoms. The number of hydrogen-bond donors (Lipinski definition) is 2. The molecule has 0 aliphatic carbocycles. The molecule has 0 spiro atoms. The third kappa shape index (κ3) is 3.83. The van der Waals surface area contributed by atoms with Gasteiger partial charge < -0.3 is 10.1 Å². The van der Waals surface area contributed by atoms with E-state index in [1.165, 1.54) is 31.3 Å². The van der Waals surface area contributed by atoms with Crippen molar-refractivity contribution in [2.45, 2.75) is 17.6 Å². The Morgan fingerprint density at radius 1 is 1.20 bits per heavy atom. The molecule has 4 rings (SSSR count). The molecule has 3 aromatic rings. The zero-order valence-electron chi connectivity index (χ0n) is 15.6. The number of nitrogens with one attached hydrogen (secondary N) is 2. The lowest BCUT2D eigenvalue weighted by molar-refractivity contribution is -0.137. The highest BCUT2D eigenvalue weighted by Gasteiger charge is 2.30. The molecule has 158 valence electrons. The first-order valence-corrected chi connectivity index (χ1v) is 10.2. The van der Waals surface area contributed by atoms with Gasteiger partial charge in [-0.2, -0.15) is 18.2 Å². The van der Waals surface area contributed by atoms with Crippen LogP contribution in [-0.4, -0.2) is 36.6 Å². The summed E-state index contributed by atoms with van der Waals surface area (Å²) in [5.74, 6) is 0.163. The van der Waals surface area contributed by atoms with Gasteiger partial charge in [0.25, 0.3) is 6.01 Å². The molecule has 1 aliphatic rings. The zero-order chi connectivity index (χ0) is 21.5. The third-order valence-electron chi connectivity index (χ3n) is 4.50. The molecule has 2 aromatic heterocycles. The van der Waals surface area contributed by atoms with Gasteiger partial charge in [-0.25, -0.2) is 18.1 Å². The van der Waals surface area contributed by atoms with E-state index in [-0.39, 0.29) is 10.7 Å². The number of aromatic nitrogens is 3. The maximum Gasteiger partial charge on any atom is 0.417 e. The first kappa shape index (κ1) is 20.2. The average Bonchev–Trinajstić information content (AvgIpc) is 3.30. The maximum absolute atomic E-state index is 12.8. The van der Waals surface area contributed by atoms with Crippen molar-refractivity contribution in [1.82, 2.24) is 19.3 Å². The van der Waals surface area contributed by atoms with Crippen LogP contribution in [0, 0.1) is 0 Å². The lowest BCUT2D eigenvalue weighted by Crippen LogP contribution is -2.18. The fraction of sp³-hybridized carbons (Fsp3) is 0.222. The fourth-order valence-corrected chi connectivity index (χ4v) is 3.70. The van der Waals surface area contributed by atoms with Gasteiger partial charge in [-0.3, -0.25) is 4.57 Å². The van der Waals surface area contributed by atoms with Gasteiger partial charge in [-0.05, 0) is 37.4 Å². The van der Waals surface area contributed by atoms with Crippen LogP contribution in [0.1, 0.15) is 5.56 Å². The highest BCUT2D eigenvalue weighted by atomic mass is 32.2. The Balaban J connectivity index is 1.75. The van der Waals surface area contributed by atoms with Gasteiger partial charge in [-0.1, -0.05) is 0 Å². The van der Waals surface area contributed by atoms with Crippen molar-refractivity contribution in [2.24, 2.45) is 0 Å². The molecule has 2 N–H and O–H groups in total. The van der Waals surface area contributed by atoms with Crippen LogP contribution in [-0.2, 0) is 22.7 Å². The van der Waals surface area contributed by atoms with E-state index in [1.807, 2.05) is 0 Å². The lowest BCUT2D eigenvalue weighted by atomic mass is 10.1. The molecule has 0 unspecified atom stereocenters. The van der Waals surface area contributed by atoms with Crippen LogP contribution in [0.15, 0.2) is 47.6 Å². The van der Waals surface area contributed by atoms with Crippen molar-refractivity contribution in [3.63, 3.8) is 0 Å². The summed E-state index contributed by atoms with van der Waals surface area (Å²) < 4.78 is 72.2. The molecule has 30 heavy (non-hydrogen) atoms. The number of rotatable bonds is 5. The van der Waals surface area contributed by atoms with E-state index < -0.39 is 21.8 Å². The summed E-state index contributed by atoms with van der Waals surface area (Å²) in [6, 6.07) is 6.82. The first-order chi connectivity index (χ1) is 14.2. The number of pyridine rings is 1. The number of benzene rings is 1. The normalized spacial score (nSPS) is 13.7.